The molecule has 0 fully saturated rings. The number of pyridine rings is 1. The Labute approximate surface area is 554 Å². The Morgan fingerprint density at radius 1 is 0.263 bits per heavy atom. The lowest BCUT2D eigenvalue weighted by atomic mass is 9.85. The summed E-state index contributed by atoms with van der Waals surface area (Å²) >= 11 is 3.48. The van der Waals surface area contributed by atoms with Gasteiger partial charge in [0.2, 0.25) is 0 Å². The van der Waals surface area contributed by atoms with E-state index in [1.54, 1.807) is 22.7 Å². The summed E-state index contributed by atoms with van der Waals surface area (Å²) in [6.45, 7) is 0. The third-order valence-corrected chi connectivity index (χ3v) is 21.6. The maximum Gasteiger partial charge on any atom is 0.145 e. The predicted octanol–water partition coefficient (Wildman–Crippen LogP) is 24.4. The molecule has 20 aromatic rings. The van der Waals surface area contributed by atoms with Gasteiger partial charge in [-0.1, -0.05) is 231 Å². The van der Waals surface area contributed by atoms with Gasteiger partial charge in [0.05, 0.1) is 37.2 Å². The molecule has 7 heteroatoms. The van der Waals surface area contributed by atoms with E-state index in [1.807, 2.05) is 18.3 Å². The van der Waals surface area contributed by atoms with E-state index < -0.39 is 0 Å². The van der Waals surface area contributed by atoms with Crippen molar-refractivity contribution in [2.45, 2.75) is 0 Å². The Bertz CT molecular complexity index is 6340. The quantitative estimate of drug-likeness (QED) is 0.128. The van der Waals surface area contributed by atoms with Gasteiger partial charge in [0, 0.05) is 34.1 Å². The highest BCUT2D eigenvalue weighted by Crippen LogP contribution is 2.48. The second-order valence-corrected chi connectivity index (χ2v) is 26.9. The van der Waals surface area contributed by atoms with Gasteiger partial charge in [-0.3, -0.25) is 9.55 Å². The Morgan fingerprint density at radius 3 is 1.21 bits per heavy atom. The topological polar surface area (TPSA) is 56.5 Å². The third-order valence-electron chi connectivity index (χ3n) is 19.5. The Balaban J connectivity index is 0.633. The van der Waals surface area contributed by atoms with E-state index in [0.717, 1.165) is 92.9 Å². The molecule has 0 N–H and O–H groups in total. The number of rotatable bonds is 10. The molecule has 0 amide bonds. The van der Waals surface area contributed by atoms with Crippen molar-refractivity contribution in [3.8, 4) is 105 Å². The molecule has 5 nitrogen and oxygen atoms in total. The summed E-state index contributed by atoms with van der Waals surface area (Å²) in [7, 11) is 0. The van der Waals surface area contributed by atoms with E-state index in [-0.39, 0.29) is 0 Å². The SMILES string of the molecule is c1ccc(-n2c(-c3ccc(-c4cc(-c5ccc(-c6ccccn6)cc5)c5ccc6cccc7ccc4c5c67)cc3)nc3ccc(-c4ccc5nc(-c6ccc(-c7cc(-c8ccc(-c9nc%10ccccc%10s9)cc8)c8ccc9cccc%10ccc7c8c9%10)cc6)sc5c4)cc32)cc1. The molecule has 0 aliphatic rings. The lowest BCUT2D eigenvalue weighted by Crippen LogP contribution is -1.97. The zero-order valence-corrected chi connectivity index (χ0v) is 52.6. The van der Waals surface area contributed by atoms with Crippen LogP contribution in [0.3, 0.4) is 0 Å². The Hall–Kier alpha value is -12.0. The smallest absolute Gasteiger partial charge is 0.145 e. The lowest BCUT2D eigenvalue weighted by Gasteiger charge is -2.18. The van der Waals surface area contributed by atoms with Crippen LogP contribution in [0.15, 0.2) is 310 Å². The van der Waals surface area contributed by atoms with Crippen LogP contribution in [-0.4, -0.2) is 24.5 Å². The van der Waals surface area contributed by atoms with Crippen molar-refractivity contribution in [2.75, 3.05) is 0 Å². The van der Waals surface area contributed by atoms with Crippen LogP contribution in [0, 0.1) is 0 Å². The summed E-state index contributed by atoms with van der Waals surface area (Å²) in [6.07, 6.45) is 1.85. The highest BCUT2D eigenvalue weighted by atomic mass is 32.1. The van der Waals surface area contributed by atoms with Crippen LogP contribution in [0.4, 0.5) is 0 Å². The number of hydrogen-bond acceptors (Lipinski definition) is 6. The molecule has 4 aromatic heterocycles. The summed E-state index contributed by atoms with van der Waals surface area (Å²) in [4.78, 5) is 20.3. The molecule has 4 heterocycles. The molecule has 20 rings (SSSR count). The second kappa shape index (κ2) is 21.3. The van der Waals surface area contributed by atoms with Crippen molar-refractivity contribution in [3.05, 3.63) is 310 Å². The normalized spacial score (nSPS) is 12.0. The van der Waals surface area contributed by atoms with Gasteiger partial charge in [-0.05, 0) is 193 Å². The van der Waals surface area contributed by atoms with Crippen LogP contribution >= 0.6 is 22.7 Å². The van der Waals surface area contributed by atoms with E-state index >= 15 is 0 Å². The van der Waals surface area contributed by atoms with Gasteiger partial charge in [-0.2, -0.15) is 0 Å². The minimum atomic E-state index is 0.888. The highest BCUT2D eigenvalue weighted by Gasteiger charge is 2.22. The highest BCUT2D eigenvalue weighted by molar-refractivity contribution is 7.22. The summed E-state index contributed by atoms with van der Waals surface area (Å²) in [6, 6.07) is 111. The minimum Gasteiger partial charge on any atom is -0.292 e. The van der Waals surface area contributed by atoms with Crippen LogP contribution in [0.2, 0.25) is 0 Å². The third kappa shape index (κ3) is 8.74. The van der Waals surface area contributed by atoms with E-state index in [2.05, 4.69) is 301 Å². The number of benzene rings is 16. The van der Waals surface area contributed by atoms with Crippen molar-refractivity contribution in [2.24, 2.45) is 0 Å². The fourth-order valence-electron chi connectivity index (χ4n) is 14.9. The van der Waals surface area contributed by atoms with E-state index in [1.165, 1.54) is 108 Å². The Morgan fingerprint density at radius 2 is 0.695 bits per heavy atom. The molecule has 440 valence electrons. The van der Waals surface area contributed by atoms with E-state index in [0.29, 0.717) is 0 Å². The molecule has 0 bridgehead atoms. The number of imidazole rings is 1. The molecule has 0 atom stereocenters. The van der Waals surface area contributed by atoms with Gasteiger partial charge in [-0.25, -0.2) is 15.0 Å². The van der Waals surface area contributed by atoms with Gasteiger partial charge in [-0.15, -0.1) is 22.7 Å². The van der Waals surface area contributed by atoms with Crippen molar-refractivity contribution in [1.29, 1.82) is 0 Å². The van der Waals surface area contributed by atoms with Crippen LogP contribution in [0.5, 0.6) is 0 Å². The minimum absolute atomic E-state index is 0.888. The summed E-state index contributed by atoms with van der Waals surface area (Å²) < 4.78 is 4.66. The maximum absolute atomic E-state index is 5.42. The molecular weight excluding hydrogens is 1190 g/mol. The van der Waals surface area contributed by atoms with Gasteiger partial charge in [0.1, 0.15) is 15.8 Å². The first kappa shape index (κ1) is 53.6. The van der Waals surface area contributed by atoms with E-state index in [4.69, 9.17) is 15.0 Å². The zero-order chi connectivity index (χ0) is 62.2. The average Bonchev–Trinajstić information content (AvgIpc) is 1.44. The van der Waals surface area contributed by atoms with Crippen molar-refractivity contribution < 1.29 is 0 Å². The fourth-order valence-corrected chi connectivity index (χ4v) is 16.8. The Kier molecular flexibility index (Phi) is 12.0. The number of thiazole rings is 2. The molecule has 0 unspecified atom stereocenters. The second-order valence-electron chi connectivity index (χ2n) is 24.8. The molecule has 0 aliphatic carbocycles. The van der Waals surface area contributed by atoms with Gasteiger partial charge in [0.25, 0.3) is 0 Å². The zero-order valence-electron chi connectivity index (χ0n) is 51.0. The summed E-state index contributed by atoms with van der Waals surface area (Å²) in [5, 5.41) is 17.2. The molecule has 0 saturated carbocycles. The monoisotopic (exact) mass is 1240 g/mol. The summed E-state index contributed by atoms with van der Waals surface area (Å²) in [5.41, 5.74) is 22.1. The average molecular weight is 1240 g/mol. The first-order valence-corrected chi connectivity index (χ1v) is 33.8. The van der Waals surface area contributed by atoms with Crippen LogP contribution in [-0.2, 0) is 0 Å². The van der Waals surface area contributed by atoms with Crippen molar-refractivity contribution in [1.82, 2.24) is 24.5 Å². The van der Waals surface area contributed by atoms with Crippen LogP contribution in [0.25, 0.3) is 201 Å². The van der Waals surface area contributed by atoms with Crippen LogP contribution < -0.4 is 0 Å². The molecule has 0 radical (unpaired) electrons. The van der Waals surface area contributed by atoms with Gasteiger partial charge >= 0.3 is 0 Å². The molecule has 16 aromatic carbocycles. The lowest BCUT2D eigenvalue weighted by molar-refractivity contribution is 1.10. The number of hydrogen-bond donors (Lipinski definition) is 0. The number of para-hydroxylation sites is 2. The van der Waals surface area contributed by atoms with Gasteiger partial charge < -0.3 is 0 Å². The first-order chi connectivity index (χ1) is 47.0. The van der Waals surface area contributed by atoms with E-state index in [9.17, 15) is 0 Å². The standard InChI is InChI=1S/C88H51N5S2/c1-2-14-66(15-3-1)93-79-48-64(39-45-76(79)90-86(93)61-29-21-53(22-30-61)72-50-71(52-19-27-56(28-20-52)75-16-6-7-47-89-75)67-41-35-57-10-8-11-58-36-42-68(72)84(67)82(57)58)65-40-46-78-81(49-65)95-88(92-78)63-33-25-55(26-34-63)74-51-73(69-43-37-59-12-9-13-60-38-44-70(74)85(69)83(59)60)54-23-31-62(32-24-54)87-91-77-17-4-5-18-80(77)94-87/h1-51H. The molecule has 0 spiro atoms. The molecule has 0 aliphatic heterocycles. The number of fused-ring (bicyclic) bond motifs is 3. The molecule has 95 heavy (non-hydrogen) atoms. The van der Waals surface area contributed by atoms with Crippen molar-refractivity contribution in [3.63, 3.8) is 0 Å². The number of aromatic nitrogens is 5. The molecular formula is C88H51N5S2. The largest absolute Gasteiger partial charge is 0.292 e. The fraction of sp³-hybridized carbons (Fsp3) is 0. The predicted molar refractivity (Wildman–Crippen MR) is 402 cm³/mol. The summed E-state index contributed by atoms with van der Waals surface area (Å²) in [5.74, 6) is 0.888. The molecule has 0 saturated heterocycles. The van der Waals surface area contributed by atoms with Crippen LogP contribution in [0.1, 0.15) is 0 Å². The van der Waals surface area contributed by atoms with Crippen molar-refractivity contribution >= 4 is 119 Å². The van der Waals surface area contributed by atoms with Gasteiger partial charge in [0.15, 0.2) is 0 Å². The maximum atomic E-state index is 5.42. The number of nitrogens with zero attached hydrogens (tertiary/aromatic N) is 5. The first-order valence-electron chi connectivity index (χ1n) is 32.1.